The summed E-state index contributed by atoms with van der Waals surface area (Å²) in [6.07, 6.45) is 2.70. The van der Waals surface area contributed by atoms with Crippen molar-refractivity contribution in [3.05, 3.63) is 45.5 Å². The summed E-state index contributed by atoms with van der Waals surface area (Å²) in [6, 6.07) is 0.718. The maximum atomic E-state index is 13.9. The van der Waals surface area contributed by atoms with Crippen molar-refractivity contribution < 1.29 is 34.8 Å². The number of ketones is 2. The lowest BCUT2D eigenvalue weighted by molar-refractivity contribution is -0.184. The Hall–Kier alpha value is -2.76. The third-order valence-electron chi connectivity index (χ3n) is 8.40. The van der Waals surface area contributed by atoms with Crippen LogP contribution in [0.4, 0.5) is 0 Å². The Kier molecular flexibility index (Phi) is 6.24. The minimum absolute atomic E-state index is 0.00945. The molecule has 2 fully saturated rings. The van der Waals surface area contributed by atoms with Gasteiger partial charge in [0.25, 0.3) is 0 Å². The van der Waals surface area contributed by atoms with Gasteiger partial charge in [-0.15, -0.1) is 0 Å². The molecule has 2 unspecified atom stereocenters. The van der Waals surface area contributed by atoms with E-state index in [2.05, 4.69) is 0 Å². The quantitative estimate of drug-likeness (QED) is 0.269. The Morgan fingerprint density at radius 2 is 1.89 bits per heavy atom. The fraction of sp³-hybridized carbons (Fsp3) is 0.500. The highest BCUT2D eigenvalue weighted by Crippen LogP contribution is 2.53. The van der Waals surface area contributed by atoms with Crippen molar-refractivity contribution in [2.75, 3.05) is 27.2 Å². The number of benzene rings is 1. The molecule has 1 aromatic carbocycles. The van der Waals surface area contributed by atoms with Crippen LogP contribution in [-0.2, 0) is 27.3 Å². The molecule has 198 valence electrons. The van der Waals surface area contributed by atoms with Gasteiger partial charge in [-0.05, 0) is 44.5 Å². The lowest BCUT2D eigenvalue weighted by Crippen LogP contribution is -2.73. The maximum Gasteiger partial charge on any atom is 0.230 e. The van der Waals surface area contributed by atoms with Crippen molar-refractivity contribution in [1.29, 1.82) is 0 Å². The molecule has 0 radical (unpaired) electrons. The summed E-state index contributed by atoms with van der Waals surface area (Å²) in [5.74, 6) is -7.63. The zero-order valence-electron chi connectivity index (χ0n) is 20.5. The Bertz CT molecular complexity index is 1270. The van der Waals surface area contributed by atoms with Crippen molar-refractivity contribution in [3.8, 4) is 5.75 Å². The first-order valence-corrected chi connectivity index (χ1v) is 12.6. The number of phenols is 1. The highest BCUT2D eigenvalue weighted by Gasteiger charge is 2.67. The van der Waals surface area contributed by atoms with Gasteiger partial charge in [-0.1, -0.05) is 23.8 Å². The van der Waals surface area contributed by atoms with Gasteiger partial charge in [0.1, 0.15) is 17.4 Å². The lowest BCUT2D eigenvalue weighted by atomic mass is 9.54. The van der Waals surface area contributed by atoms with Gasteiger partial charge in [0, 0.05) is 47.8 Å². The predicted octanol–water partition coefficient (Wildman–Crippen LogP) is 0.154. The number of halogens is 1. The molecule has 6 atom stereocenters. The average molecular weight is 532 g/mol. The van der Waals surface area contributed by atoms with Gasteiger partial charge in [-0.2, -0.15) is 0 Å². The number of hydrogen-bond donors (Lipinski definition) is 5. The topological polar surface area (TPSA) is 165 Å². The Morgan fingerprint density at radius 3 is 2.49 bits per heavy atom. The molecule has 3 aliphatic carbocycles. The summed E-state index contributed by atoms with van der Waals surface area (Å²) in [5, 5.41) is 45.4. The van der Waals surface area contributed by atoms with Crippen LogP contribution in [0.2, 0.25) is 5.02 Å². The molecule has 1 aliphatic heterocycles. The normalized spacial score (nSPS) is 33.5. The van der Waals surface area contributed by atoms with Crippen LogP contribution in [0.15, 0.2) is 23.8 Å². The minimum Gasteiger partial charge on any atom is -0.507 e. The summed E-state index contributed by atoms with van der Waals surface area (Å²) in [5.41, 5.74) is 3.47. The molecule has 37 heavy (non-hydrogen) atoms. The first-order chi connectivity index (χ1) is 17.4. The van der Waals surface area contributed by atoms with Crippen LogP contribution in [0.3, 0.4) is 0 Å². The minimum atomic E-state index is -2.68. The maximum absolute atomic E-state index is 13.9. The monoisotopic (exact) mass is 531 g/mol. The fourth-order valence-electron chi connectivity index (χ4n) is 6.69. The molecule has 1 heterocycles. The number of nitrogens with two attached hydrogens (primary N) is 1. The van der Waals surface area contributed by atoms with Gasteiger partial charge in [0.05, 0.1) is 11.7 Å². The van der Waals surface area contributed by atoms with Crippen LogP contribution >= 0.6 is 11.6 Å². The number of nitrogens with zero attached hydrogens (tertiary/aromatic N) is 2. The number of Topliss-reactive ketones (excluding diaryl/α,β-unsaturated/α-hetero) is 2. The number of fused-ring (bicyclic) bond motifs is 3. The van der Waals surface area contributed by atoms with E-state index < -0.39 is 58.7 Å². The number of phenolic OH excluding ortho intramolecular Hbond substituents is 1. The summed E-state index contributed by atoms with van der Waals surface area (Å²) >= 11 is 6.61. The number of aliphatic hydroxyl groups is 3. The third-order valence-corrected chi connectivity index (χ3v) is 8.74. The second-order valence-corrected chi connectivity index (χ2v) is 11.1. The fourth-order valence-corrected chi connectivity index (χ4v) is 6.99. The standard InChI is InChI=1S/C26H30ClN3O7/c1-29(2)19-14-8-11-7-13-15(27)9-12(10-30-5-3-4-6-30)20(31)17(13)21(32)16(11)23(34)26(14,37)24(35)18(22(19)33)25(28)36/h3-4,9,11,14,18-19,22,31-33,37H,5-8,10H2,1-2H3,(H2,28,36)/t11-,14-,18?,19-,22?,26-/m0/s1. The van der Waals surface area contributed by atoms with E-state index in [1.165, 1.54) is 0 Å². The summed E-state index contributed by atoms with van der Waals surface area (Å²) < 4.78 is 0. The molecule has 1 amide bonds. The van der Waals surface area contributed by atoms with Crippen LogP contribution in [0.25, 0.3) is 5.76 Å². The van der Waals surface area contributed by atoms with E-state index in [1.807, 2.05) is 17.1 Å². The molecule has 0 spiro atoms. The van der Waals surface area contributed by atoms with E-state index >= 15 is 0 Å². The molecule has 0 bridgehead atoms. The number of hydrogen-bond acceptors (Lipinski definition) is 9. The van der Waals surface area contributed by atoms with Crippen LogP contribution in [0.5, 0.6) is 5.75 Å². The van der Waals surface area contributed by atoms with E-state index in [4.69, 9.17) is 17.3 Å². The number of aromatic hydroxyl groups is 1. The Balaban J connectivity index is 1.64. The molecule has 0 saturated heterocycles. The van der Waals surface area contributed by atoms with Gasteiger partial charge in [-0.25, -0.2) is 0 Å². The Labute approximate surface area is 218 Å². The van der Waals surface area contributed by atoms with Crippen LogP contribution < -0.4 is 5.73 Å². The average Bonchev–Trinajstić information content (AvgIpc) is 3.32. The molecule has 10 nitrogen and oxygen atoms in total. The molecule has 5 rings (SSSR count). The van der Waals surface area contributed by atoms with E-state index in [-0.39, 0.29) is 29.7 Å². The predicted molar refractivity (Wildman–Crippen MR) is 134 cm³/mol. The molecular weight excluding hydrogens is 502 g/mol. The van der Waals surface area contributed by atoms with Crippen molar-refractivity contribution >= 4 is 34.8 Å². The molecule has 4 aliphatic rings. The van der Waals surface area contributed by atoms with Crippen molar-refractivity contribution in [2.24, 2.45) is 23.5 Å². The second kappa shape index (κ2) is 8.92. The lowest BCUT2D eigenvalue weighted by Gasteiger charge is -2.53. The highest BCUT2D eigenvalue weighted by atomic mass is 35.5. The van der Waals surface area contributed by atoms with Gasteiger partial charge in [0.15, 0.2) is 11.4 Å². The van der Waals surface area contributed by atoms with Crippen molar-refractivity contribution in [2.45, 2.75) is 37.1 Å². The largest absolute Gasteiger partial charge is 0.507 e. The molecule has 6 N–H and O–H groups in total. The van der Waals surface area contributed by atoms with Crippen molar-refractivity contribution in [1.82, 2.24) is 9.80 Å². The first kappa shape index (κ1) is 25.9. The number of likely N-dealkylation sites (N-methyl/N-ethyl adjacent to an activating group) is 1. The van der Waals surface area contributed by atoms with Crippen LogP contribution in [0.1, 0.15) is 23.1 Å². The van der Waals surface area contributed by atoms with Crippen LogP contribution in [0, 0.1) is 17.8 Å². The number of carbonyl (C=O) groups excluding carboxylic acids is 3. The SMILES string of the molecule is CN(C)[C@@H]1C(O)C(C(N)=O)C(=O)[C@@]2(O)C(=O)C3=C(O)c4c(O)c(CN5CC=CC5)cc(Cl)c4C[C@H]3C[C@@H]12. The zero-order chi connectivity index (χ0) is 27.0. The molecular formula is C26H30ClN3O7. The summed E-state index contributed by atoms with van der Waals surface area (Å²) in [7, 11) is 3.22. The Morgan fingerprint density at radius 1 is 1.24 bits per heavy atom. The highest BCUT2D eigenvalue weighted by molar-refractivity contribution is 6.32. The molecule has 11 heteroatoms. The number of primary amides is 1. The second-order valence-electron chi connectivity index (χ2n) is 10.7. The molecule has 0 aromatic heterocycles. The first-order valence-electron chi connectivity index (χ1n) is 12.2. The van der Waals surface area contributed by atoms with Gasteiger partial charge in [-0.3, -0.25) is 19.3 Å². The van der Waals surface area contributed by atoms with Gasteiger partial charge in [0.2, 0.25) is 11.7 Å². The molecule has 1 aromatic rings. The van der Waals surface area contributed by atoms with E-state index in [9.17, 15) is 34.8 Å². The van der Waals surface area contributed by atoms with Gasteiger partial charge >= 0.3 is 0 Å². The van der Waals surface area contributed by atoms with Crippen LogP contribution in [-0.4, -0.2) is 92.6 Å². The number of carbonyl (C=O) groups is 3. The summed E-state index contributed by atoms with van der Waals surface area (Å²) in [6.45, 7) is 1.75. The number of aliphatic hydroxyl groups excluding tert-OH is 2. The zero-order valence-corrected chi connectivity index (χ0v) is 21.3. The van der Waals surface area contributed by atoms with E-state index in [1.54, 1.807) is 25.1 Å². The summed E-state index contributed by atoms with van der Waals surface area (Å²) in [4.78, 5) is 43.0. The smallest absolute Gasteiger partial charge is 0.230 e. The van der Waals surface area contributed by atoms with Crippen molar-refractivity contribution in [3.63, 3.8) is 0 Å². The number of amides is 1. The van der Waals surface area contributed by atoms with Gasteiger partial charge < -0.3 is 31.1 Å². The van der Waals surface area contributed by atoms with E-state index in [0.717, 1.165) is 0 Å². The third kappa shape index (κ3) is 3.65. The molecule has 2 saturated carbocycles. The van der Waals surface area contributed by atoms with E-state index in [0.29, 0.717) is 35.8 Å². The number of rotatable bonds is 4.